The Labute approximate surface area is 433 Å². The van der Waals surface area contributed by atoms with Crippen molar-refractivity contribution in [1.82, 2.24) is 30.0 Å². The maximum absolute atomic E-state index is 13.7. The Morgan fingerprint density at radius 2 is 1.65 bits per heavy atom. The smallest absolute Gasteiger partial charge is 0.355 e. The zero-order valence-corrected chi connectivity index (χ0v) is 42.7. The second kappa shape index (κ2) is 19.9. The number of thiazole rings is 1. The molecule has 3 aliphatic heterocycles. The highest BCUT2D eigenvalue weighted by atomic mass is 32.1. The van der Waals surface area contributed by atoms with Crippen LogP contribution in [-0.4, -0.2) is 98.8 Å². The Hall–Kier alpha value is -7.17. The lowest BCUT2D eigenvalue weighted by Crippen LogP contribution is -2.46. The van der Waals surface area contributed by atoms with E-state index in [9.17, 15) is 24.3 Å². The number of nitrogens with zero attached hydrogens (tertiary/aromatic N) is 7. The number of piperazine rings is 1. The van der Waals surface area contributed by atoms with Crippen LogP contribution in [0, 0.1) is 24.7 Å². The van der Waals surface area contributed by atoms with E-state index in [0.29, 0.717) is 66.3 Å². The number of amides is 3. The molecule has 2 saturated carbocycles. The number of aryl methyl sites for hydroxylation is 2. The van der Waals surface area contributed by atoms with Gasteiger partial charge in [-0.3, -0.25) is 34.6 Å². The molecule has 74 heavy (non-hydrogen) atoms. The van der Waals surface area contributed by atoms with Gasteiger partial charge in [0.1, 0.15) is 11.6 Å². The van der Waals surface area contributed by atoms with Gasteiger partial charge in [0.15, 0.2) is 10.8 Å². The minimum atomic E-state index is -1.09. The fourth-order valence-corrected chi connectivity index (χ4v) is 13.8. The van der Waals surface area contributed by atoms with Crippen LogP contribution >= 0.6 is 11.3 Å². The van der Waals surface area contributed by atoms with Crippen molar-refractivity contribution in [1.29, 1.82) is 0 Å². The molecule has 0 spiro atoms. The van der Waals surface area contributed by atoms with Crippen LogP contribution in [0.15, 0.2) is 91.0 Å². The number of hydrogen-bond acceptors (Lipinski definition) is 12. The van der Waals surface area contributed by atoms with E-state index in [1.807, 2.05) is 85.4 Å². The van der Waals surface area contributed by atoms with Crippen molar-refractivity contribution < 1.29 is 29.0 Å². The van der Waals surface area contributed by atoms with Crippen LogP contribution in [0.4, 0.5) is 16.6 Å². The summed E-state index contributed by atoms with van der Waals surface area (Å²) in [5.74, 6) is 1.34. The van der Waals surface area contributed by atoms with Crippen molar-refractivity contribution in [3.05, 3.63) is 125 Å². The summed E-state index contributed by atoms with van der Waals surface area (Å²) in [7, 11) is 1.95. The third-order valence-electron chi connectivity index (χ3n) is 16.5. The number of pyridine rings is 1. The number of piperidine rings is 1. The summed E-state index contributed by atoms with van der Waals surface area (Å²) in [6.07, 6.45) is 8.88. The van der Waals surface area contributed by atoms with E-state index in [0.717, 1.165) is 112 Å². The Morgan fingerprint density at radius 1 is 0.851 bits per heavy atom. The van der Waals surface area contributed by atoms with E-state index >= 15 is 0 Å². The number of carboxylic acids is 1. The molecule has 3 atom stereocenters. The molecule has 0 radical (unpaired) electrons. The van der Waals surface area contributed by atoms with Crippen LogP contribution in [0.3, 0.4) is 0 Å². The van der Waals surface area contributed by atoms with Crippen molar-refractivity contribution >= 4 is 72.8 Å². The first-order chi connectivity index (χ1) is 36.0. The Morgan fingerprint density at radius 3 is 2.43 bits per heavy atom. The number of carboxylic acid groups (broad SMARTS) is 1. The molecule has 4 fully saturated rings. The number of imide groups is 1. The molecular weight excluding hydrogens is 951 g/mol. The van der Waals surface area contributed by atoms with Gasteiger partial charge < -0.3 is 19.6 Å². The van der Waals surface area contributed by atoms with Crippen LogP contribution in [0.2, 0.25) is 0 Å². The summed E-state index contributed by atoms with van der Waals surface area (Å²) in [5, 5.41) is 22.3. The second-order valence-corrected chi connectivity index (χ2v) is 22.2. The van der Waals surface area contributed by atoms with E-state index in [1.165, 1.54) is 37.0 Å². The molecule has 7 aromatic rings. The number of carbonyl (C=O) groups excluding carboxylic acids is 3. The van der Waals surface area contributed by atoms with Gasteiger partial charge in [-0.05, 0) is 153 Å². The molecule has 4 aromatic carbocycles. The molecule has 12 rings (SSSR count). The maximum atomic E-state index is 13.7. The number of para-hydroxylation sites is 2. The average molecular weight is 1010 g/mol. The molecule has 6 heterocycles. The normalized spacial score (nSPS) is 22.0. The largest absolute Gasteiger partial charge is 0.490 e. The van der Waals surface area contributed by atoms with Gasteiger partial charge in [-0.2, -0.15) is 5.10 Å². The molecule has 3 N–H and O–H groups in total. The van der Waals surface area contributed by atoms with Crippen LogP contribution in [0.1, 0.15) is 101 Å². The predicted octanol–water partition coefficient (Wildman–Crippen LogP) is 9.37. The molecular formula is C58H61N9O6S. The summed E-state index contributed by atoms with van der Waals surface area (Å²) >= 11 is 1.44. The second-order valence-electron chi connectivity index (χ2n) is 21.1. The molecule has 3 amide bonds. The molecule has 2 aliphatic carbocycles. The highest BCUT2D eigenvalue weighted by Crippen LogP contribution is 2.49. The van der Waals surface area contributed by atoms with Gasteiger partial charge in [0.05, 0.1) is 39.1 Å². The number of nitrogens with one attached hydrogen (secondary N) is 2. The van der Waals surface area contributed by atoms with Gasteiger partial charge in [0, 0.05) is 69.3 Å². The van der Waals surface area contributed by atoms with Crippen LogP contribution < -0.4 is 25.2 Å². The number of rotatable bonds is 13. The minimum absolute atomic E-state index is 0.00729. The van der Waals surface area contributed by atoms with Gasteiger partial charge in [0.2, 0.25) is 11.8 Å². The van der Waals surface area contributed by atoms with E-state index in [4.69, 9.17) is 14.8 Å². The molecule has 3 aromatic heterocycles. The fourth-order valence-electron chi connectivity index (χ4n) is 12.9. The summed E-state index contributed by atoms with van der Waals surface area (Å²) in [5.41, 5.74) is 8.65. The standard InChI is InChI=1S/C58H61N9O6S/c1-34-28-39(15-16-41(34)42-17-19-50(60-53(42)57(71)72)67-23-21-36-9-5-10-43(46(36)33-67)55(69)62-58-59-47-12-3-4-14-49(47)74-58)73-40-31-37-29-35(30-38(37)32-40)8-7-22-65-24-26-66(27-25-65)48-13-6-11-44-52(63-64(2)54(44)48)45-18-20-51(68)61-56(45)70/h3-6,9-17,19,28,35,37-38,40,45H,7-8,18,20-27,29-33H2,1-2H3,(H,71,72)(H,59,62,69)(H,61,68,70). The number of ether oxygens (including phenoxy) is 1. The Balaban J connectivity index is 0.618. The number of aromatic carboxylic acids is 1. The molecule has 15 nitrogen and oxygen atoms in total. The van der Waals surface area contributed by atoms with E-state index in [-0.39, 0.29) is 29.5 Å². The highest BCUT2D eigenvalue weighted by Gasteiger charge is 2.42. The van der Waals surface area contributed by atoms with Crippen molar-refractivity contribution in [2.75, 3.05) is 54.4 Å². The lowest BCUT2D eigenvalue weighted by Gasteiger charge is -2.36. The number of aromatic nitrogens is 4. The third-order valence-corrected chi connectivity index (χ3v) is 17.5. The number of hydrogen-bond donors (Lipinski definition) is 3. The number of anilines is 3. The minimum Gasteiger partial charge on any atom is -0.490 e. The van der Waals surface area contributed by atoms with Crippen molar-refractivity contribution in [2.24, 2.45) is 24.8 Å². The number of fused-ring (bicyclic) bond motifs is 4. The van der Waals surface area contributed by atoms with E-state index in [2.05, 4.69) is 54.6 Å². The van der Waals surface area contributed by atoms with Gasteiger partial charge in [-0.1, -0.05) is 53.8 Å². The zero-order chi connectivity index (χ0) is 50.6. The van der Waals surface area contributed by atoms with Crippen LogP contribution in [-0.2, 0) is 29.6 Å². The first-order valence-corrected chi connectivity index (χ1v) is 27.1. The summed E-state index contributed by atoms with van der Waals surface area (Å²) in [6, 6.07) is 29.6. The Kier molecular flexibility index (Phi) is 12.9. The molecule has 0 bridgehead atoms. The topological polar surface area (TPSA) is 175 Å². The van der Waals surface area contributed by atoms with Crippen molar-refractivity contribution in [2.45, 2.75) is 83.3 Å². The quantitative estimate of drug-likeness (QED) is 0.0936. The Bertz CT molecular complexity index is 3300. The van der Waals surface area contributed by atoms with E-state index in [1.54, 1.807) is 0 Å². The highest BCUT2D eigenvalue weighted by molar-refractivity contribution is 7.22. The van der Waals surface area contributed by atoms with E-state index < -0.39 is 11.9 Å². The van der Waals surface area contributed by atoms with Gasteiger partial charge in [-0.15, -0.1) is 0 Å². The lowest BCUT2D eigenvalue weighted by atomic mass is 9.92. The zero-order valence-electron chi connectivity index (χ0n) is 41.9. The van der Waals surface area contributed by atoms with Crippen LogP contribution in [0.5, 0.6) is 5.75 Å². The first kappa shape index (κ1) is 47.8. The average Bonchev–Trinajstić information content (AvgIpc) is 4.18. The molecule has 16 heteroatoms. The monoisotopic (exact) mass is 1010 g/mol. The third kappa shape index (κ3) is 9.38. The van der Waals surface area contributed by atoms with Crippen molar-refractivity contribution in [3.63, 3.8) is 0 Å². The summed E-state index contributed by atoms with van der Waals surface area (Å²) < 4.78 is 9.56. The number of carbonyl (C=O) groups is 4. The summed E-state index contributed by atoms with van der Waals surface area (Å²) in [6.45, 7) is 8.10. The predicted molar refractivity (Wildman–Crippen MR) is 287 cm³/mol. The molecule has 3 unspecified atom stereocenters. The molecule has 380 valence electrons. The van der Waals surface area contributed by atoms with Gasteiger partial charge in [-0.25, -0.2) is 14.8 Å². The molecule has 5 aliphatic rings. The number of benzene rings is 4. The van der Waals surface area contributed by atoms with Gasteiger partial charge in [0.25, 0.3) is 5.91 Å². The maximum Gasteiger partial charge on any atom is 0.355 e. The van der Waals surface area contributed by atoms with Crippen LogP contribution in [0.25, 0.3) is 32.2 Å². The SMILES string of the molecule is Cc1cc(OC2CC3CC(CCCN4CCN(c5cccc6c(C7CCC(=O)NC7=O)nn(C)c56)CC4)CC3C2)ccc1-c1ccc(N2CCc3cccc(C(=O)Nc4nc5ccccc5s4)c3C2)nc1C(=O)O. The van der Waals surface area contributed by atoms with Gasteiger partial charge >= 0.3 is 5.97 Å². The molecule has 2 saturated heterocycles. The summed E-state index contributed by atoms with van der Waals surface area (Å²) in [4.78, 5) is 67.5. The van der Waals surface area contributed by atoms with Crippen molar-refractivity contribution in [3.8, 4) is 16.9 Å². The lowest BCUT2D eigenvalue weighted by molar-refractivity contribution is -0.134. The first-order valence-electron chi connectivity index (χ1n) is 26.3. The fraction of sp³-hybridized carbons (Fsp3) is 0.397.